The van der Waals surface area contributed by atoms with Crippen LogP contribution in [-0.2, 0) is 0 Å². The van der Waals surface area contributed by atoms with Gasteiger partial charge in [0.05, 0.1) is 29.3 Å². The molecule has 0 spiro atoms. The van der Waals surface area contributed by atoms with Crippen LogP contribution in [0.15, 0.2) is 41.2 Å². The van der Waals surface area contributed by atoms with Gasteiger partial charge in [0.15, 0.2) is 0 Å². The van der Waals surface area contributed by atoms with Gasteiger partial charge in [-0.1, -0.05) is 11.6 Å². The average Bonchev–Trinajstić information content (AvgIpc) is 2.94. The first kappa shape index (κ1) is 14.5. The molecular weight excluding hydrogens is 276 g/mol. The molecule has 20 heavy (non-hydrogen) atoms. The van der Waals surface area contributed by atoms with Gasteiger partial charge in [0.25, 0.3) is 5.91 Å². The minimum absolute atomic E-state index is 0.0379. The molecule has 1 aromatic heterocycles. The predicted octanol–water partition coefficient (Wildman–Crippen LogP) is 3.81. The first-order chi connectivity index (χ1) is 9.49. The molecule has 1 atom stereocenters. The van der Waals surface area contributed by atoms with Crippen molar-refractivity contribution >= 4 is 23.2 Å². The summed E-state index contributed by atoms with van der Waals surface area (Å²) in [5, 5.41) is 3.86. The van der Waals surface area contributed by atoms with Crippen molar-refractivity contribution in [3.63, 3.8) is 0 Å². The minimum atomic E-state index is -0.0549. The Morgan fingerprint density at radius 3 is 2.70 bits per heavy atom. The van der Waals surface area contributed by atoms with Gasteiger partial charge in [-0.2, -0.15) is 0 Å². The summed E-state index contributed by atoms with van der Waals surface area (Å²) in [6.07, 6.45) is 3.31. The smallest absolute Gasteiger partial charge is 0.253 e. The summed E-state index contributed by atoms with van der Waals surface area (Å²) >= 11 is 6.18. The molecule has 1 amide bonds. The summed E-state index contributed by atoms with van der Waals surface area (Å²) in [5.41, 5.74) is 2.35. The summed E-state index contributed by atoms with van der Waals surface area (Å²) in [6, 6.07) is 7.14. The van der Waals surface area contributed by atoms with Gasteiger partial charge in [0, 0.05) is 25.2 Å². The van der Waals surface area contributed by atoms with Gasteiger partial charge < -0.3 is 14.6 Å². The molecule has 0 saturated carbocycles. The number of amides is 1. The van der Waals surface area contributed by atoms with Crippen molar-refractivity contribution in [1.29, 1.82) is 0 Å². The zero-order valence-corrected chi connectivity index (χ0v) is 12.4. The number of furan rings is 1. The van der Waals surface area contributed by atoms with Gasteiger partial charge >= 0.3 is 0 Å². The van der Waals surface area contributed by atoms with Gasteiger partial charge in [-0.25, -0.2) is 0 Å². The quantitative estimate of drug-likeness (QED) is 0.932. The second-order valence-electron chi connectivity index (χ2n) is 4.82. The van der Waals surface area contributed by atoms with E-state index in [1.165, 1.54) is 4.90 Å². The zero-order valence-electron chi connectivity index (χ0n) is 11.7. The summed E-state index contributed by atoms with van der Waals surface area (Å²) in [4.78, 5) is 13.5. The molecule has 1 N–H and O–H groups in total. The Bertz CT molecular complexity index is 594. The fourth-order valence-corrected chi connectivity index (χ4v) is 2.04. The number of nitrogens with one attached hydrogen (secondary N) is 1. The van der Waals surface area contributed by atoms with E-state index in [9.17, 15) is 4.79 Å². The molecule has 0 bridgehead atoms. The van der Waals surface area contributed by atoms with Crippen molar-refractivity contribution < 1.29 is 9.21 Å². The molecule has 0 aliphatic carbocycles. The highest BCUT2D eigenvalue weighted by Gasteiger charge is 2.13. The Labute approximate surface area is 123 Å². The maximum absolute atomic E-state index is 12.0. The molecule has 1 heterocycles. The number of halogens is 1. The highest BCUT2D eigenvalue weighted by Crippen LogP contribution is 2.27. The lowest BCUT2D eigenvalue weighted by atomic mass is 10.1. The van der Waals surface area contributed by atoms with Crippen molar-refractivity contribution in [3.05, 3.63) is 52.9 Å². The molecule has 0 fully saturated rings. The van der Waals surface area contributed by atoms with E-state index in [0.29, 0.717) is 10.6 Å². The number of hydrogen-bond acceptors (Lipinski definition) is 3. The monoisotopic (exact) mass is 292 g/mol. The first-order valence-corrected chi connectivity index (χ1v) is 6.66. The van der Waals surface area contributed by atoms with Crippen molar-refractivity contribution in [2.75, 3.05) is 19.4 Å². The number of nitrogens with zero attached hydrogens (tertiary/aromatic N) is 1. The molecule has 4 nitrogen and oxygen atoms in total. The molecule has 2 aromatic rings. The molecule has 0 aliphatic rings. The Morgan fingerprint density at radius 2 is 2.10 bits per heavy atom. The van der Waals surface area contributed by atoms with Crippen LogP contribution in [0.3, 0.4) is 0 Å². The van der Waals surface area contributed by atoms with E-state index in [4.69, 9.17) is 16.0 Å². The van der Waals surface area contributed by atoms with Gasteiger partial charge in [-0.3, -0.25) is 4.79 Å². The number of rotatable bonds is 4. The largest absolute Gasteiger partial charge is 0.472 e. The summed E-state index contributed by atoms with van der Waals surface area (Å²) in [6.45, 7) is 2.00. The van der Waals surface area contributed by atoms with Crippen LogP contribution in [0.2, 0.25) is 5.02 Å². The minimum Gasteiger partial charge on any atom is -0.472 e. The van der Waals surface area contributed by atoms with Crippen molar-refractivity contribution in [3.8, 4) is 0 Å². The maximum atomic E-state index is 12.0. The van der Waals surface area contributed by atoms with Crippen molar-refractivity contribution in [2.24, 2.45) is 0 Å². The molecule has 2 rings (SSSR count). The van der Waals surface area contributed by atoms with E-state index < -0.39 is 0 Å². The van der Waals surface area contributed by atoms with Gasteiger partial charge in [0.1, 0.15) is 0 Å². The lowest BCUT2D eigenvalue weighted by Gasteiger charge is -2.17. The van der Waals surface area contributed by atoms with E-state index in [1.54, 1.807) is 44.8 Å². The second kappa shape index (κ2) is 6.01. The molecular formula is C15H17ClN2O2. The standard InChI is InChI=1S/C15H17ClN2O2/c1-10(12-6-7-20-9-12)17-14-8-11(4-5-13(14)16)15(19)18(2)3/h4-10,17H,1-3H3. The molecule has 1 unspecified atom stereocenters. The Kier molecular flexibility index (Phi) is 4.35. The summed E-state index contributed by atoms with van der Waals surface area (Å²) in [5.74, 6) is -0.0549. The van der Waals surface area contributed by atoms with Gasteiger partial charge in [0.2, 0.25) is 0 Å². The molecule has 0 radical (unpaired) electrons. The number of carbonyl (C=O) groups excluding carboxylic acids is 1. The fraction of sp³-hybridized carbons (Fsp3) is 0.267. The predicted molar refractivity (Wildman–Crippen MR) is 80.2 cm³/mol. The van der Waals surface area contributed by atoms with E-state index in [-0.39, 0.29) is 11.9 Å². The van der Waals surface area contributed by atoms with Crippen LogP contribution in [0, 0.1) is 0 Å². The van der Waals surface area contributed by atoms with Crippen LogP contribution in [0.5, 0.6) is 0 Å². The van der Waals surface area contributed by atoms with E-state index in [0.717, 1.165) is 11.3 Å². The molecule has 106 valence electrons. The summed E-state index contributed by atoms with van der Waals surface area (Å²) in [7, 11) is 3.44. The molecule has 5 heteroatoms. The fourth-order valence-electron chi connectivity index (χ4n) is 1.87. The topological polar surface area (TPSA) is 45.5 Å². The Hall–Kier alpha value is -1.94. The van der Waals surface area contributed by atoms with Gasteiger partial charge in [-0.15, -0.1) is 0 Å². The lowest BCUT2D eigenvalue weighted by Crippen LogP contribution is -2.21. The third-order valence-corrected chi connectivity index (χ3v) is 3.36. The Balaban J connectivity index is 2.23. The van der Waals surface area contributed by atoms with E-state index >= 15 is 0 Å². The molecule has 0 aliphatic heterocycles. The molecule has 1 aromatic carbocycles. The first-order valence-electron chi connectivity index (χ1n) is 6.29. The van der Waals surface area contributed by atoms with Crippen LogP contribution in [0.1, 0.15) is 28.9 Å². The van der Waals surface area contributed by atoms with Crippen LogP contribution in [-0.4, -0.2) is 24.9 Å². The van der Waals surface area contributed by atoms with Crippen molar-refractivity contribution in [2.45, 2.75) is 13.0 Å². The van der Waals surface area contributed by atoms with Crippen LogP contribution in [0.25, 0.3) is 0 Å². The number of benzene rings is 1. The number of hydrogen-bond donors (Lipinski definition) is 1. The van der Waals surface area contributed by atoms with E-state index in [2.05, 4.69) is 5.32 Å². The van der Waals surface area contributed by atoms with Crippen LogP contribution in [0.4, 0.5) is 5.69 Å². The highest BCUT2D eigenvalue weighted by molar-refractivity contribution is 6.33. The van der Waals surface area contributed by atoms with Crippen molar-refractivity contribution in [1.82, 2.24) is 4.90 Å². The SMILES string of the molecule is CC(Nc1cc(C(=O)N(C)C)ccc1Cl)c1ccoc1. The second-order valence-corrected chi connectivity index (χ2v) is 5.22. The van der Waals surface area contributed by atoms with Gasteiger partial charge in [-0.05, 0) is 31.2 Å². The number of anilines is 1. The Morgan fingerprint density at radius 1 is 1.35 bits per heavy atom. The number of carbonyl (C=O) groups is 1. The molecule has 0 saturated heterocycles. The maximum Gasteiger partial charge on any atom is 0.253 e. The normalized spacial score (nSPS) is 12.0. The average molecular weight is 293 g/mol. The third-order valence-electron chi connectivity index (χ3n) is 3.03. The summed E-state index contributed by atoms with van der Waals surface area (Å²) < 4.78 is 5.06. The van der Waals surface area contributed by atoms with Crippen LogP contribution < -0.4 is 5.32 Å². The van der Waals surface area contributed by atoms with E-state index in [1.807, 2.05) is 13.0 Å². The third kappa shape index (κ3) is 3.14. The van der Waals surface area contributed by atoms with Crippen LogP contribution >= 0.6 is 11.6 Å². The highest BCUT2D eigenvalue weighted by atomic mass is 35.5. The lowest BCUT2D eigenvalue weighted by molar-refractivity contribution is 0.0827. The zero-order chi connectivity index (χ0) is 14.7.